The van der Waals surface area contributed by atoms with Gasteiger partial charge in [0.1, 0.15) is 11.9 Å². The van der Waals surface area contributed by atoms with Crippen LogP contribution in [0.2, 0.25) is 0 Å². The van der Waals surface area contributed by atoms with Gasteiger partial charge in [-0.15, -0.1) is 0 Å². The van der Waals surface area contributed by atoms with E-state index in [2.05, 4.69) is 46.5 Å². The average molecular weight is 345 g/mol. The van der Waals surface area contributed by atoms with Crippen molar-refractivity contribution in [1.29, 1.82) is 0 Å². The zero-order chi connectivity index (χ0) is 17.6. The van der Waals surface area contributed by atoms with Crippen molar-refractivity contribution >= 4 is 5.96 Å². The van der Waals surface area contributed by atoms with Crippen LogP contribution in [0.15, 0.2) is 29.3 Å². The molecule has 3 rings (SSSR count). The lowest BCUT2D eigenvalue weighted by Gasteiger charge is -2.33. The molecule has 1 saturated carbocycles. The fourth-order valence-electron chi connectivity index (χ4n) is 3.44. The number of nitrogens with zero attached hydrogens (tertiary/aromatic N) is 2. The van der Waals surface area contributed by atoms with Crippen molar-refractivity contribution in [3.8, 4) is 5.75 Å². The van der Waals surface area contributed by atoms with Crippen molar-refractivity contribution < 1.29 is 4.74 Å². The second-order valence-corrected chi connectivity index (χ2v) is 7.38. The number of rotatable bonds is 6. The van der Waals surface area contributed by atoms with Gasteiger partial charge in [0.25, 0.3) is 0 Å². The van der Waals surface area contributed by atoms with Crippen molar-refractivity contribution in [3.05, 3.63) is 29.8 Å². The molecule has 25 heavy (non-hydrogen) atoms. The topological polar surface area (TPSA) is 48.9 Å². The summed E-state index contributed by atoms with van der Waals surface area (Å²) in [5.41, 5.74) is 1.22. The van der Waals surface area contributed by atoms with E-state index in [0.717, 1.165) is 24.3 Å². The maximum absolute atomic E-state index is 5.98. The number of hydrogen-bond donors (Lipinski definition) is 2. The van der Waals surface area contributed by atoms with Crippen LogP contribution in [0.5, 0.6) is 5.75 Å². The molecule has 0 aromatic heterocycles. The molecule has 2 N–H and O–H groups in total. The molecule has 5 heteroatoms. The highest BCUT2D eigenvalue weighted by molar-refractivity contribution is 5.80. The van der Waals surface area contributed by atoms with E-state index in [1.165, 1.54) is 44.3 Å². The van der Waals surface area contributed by atoms with Crippen LogP contribution in [0.1, 0.15) is 38.2 Å². The number of benzene rings is 1. The van der Waals surface area contributed by atoms with Gasteiger partial charge in [-0.2, -0.15) is 0 Å². The standard InChI is InChI=1S/C20H32N4O/c1-15-5-4-6-19(13-15)25-16(2)14-22-20(21-3)23-17-9-11-24(12-10-17)18-7-8-18/h4-6,13,16-18H,7-12,14H2,1-3H3,(H2,21,22,23). The third kappa shape index (κ3) is 5.63. The molecule has 1 aromatic carbocycles. The highest BCUT2D eigenvalue weighted by Crippen LogP contribution is 2.29. The highest BCUT2D eigenvalue weighted by atomic mass is 16.5. The molecule has 1 aliphatic carbocycles. The first-order valence-corrected chi connectivity index (χ1v) is 9.58. The Balaban J connectivity index is 1.38. The van der Waals surface area contributed by atoms with E-state index in [9.17, 15) is 0 Å². The predicted molar refractivity (Wildman–Crippen MR) is 103 cm³/mol. The van der Waals surface area contributed by atoms with Gasteiger partial charge in [0, 0.05) is 32.2 Å². The molecule has 0 spiro atoms. The van der Waals surface area contributed by atoms with Crippen LogP contribution >= 0.6 is 0 Å². The van der Waals surface area contributed by atoms with Crippen LogP contribution < -0.4 is 15.4 Å². The van der Waals surface area contributed by atoms with Crippen LogP contribution in [0.25, 0.3) is 0 Å². The molecule has 1 aromatic rings. The number of ether oxygens (including phenoxy) is 1. The molecule has 1 atom stereocenters. The fraction of sp³-hybridized carbons (Fsp3) is 0.650. The van der Waals surface area contributed by atoms with Gasteiger partial charge in [0.15, 0.2) is 5.96 Å². The van der Waals surface area contributed by atoms with Gasteiger partial charge in [-0.05, 0) is 57.2 Å². The second-order valence-electron chi connectivity index (χ2n) is 7.38. The molecular formula is C20H32N4O. The zero-order valence-corrected chi connectivity index (χ0v) is 15.8. The molecule has 2 aliphatic rings. The van der Waals surface area contributed by atoms with Crippen LogP contribution in [0, 0.1) is 6.92 Å². The van der Waals surface area contributed by atoms with E-state index in [-0.39, 0.29) is 6.10 Å². The van der Waals surface area contributed by atoms with Gasteiger partial charge in [0.05, 0.1) is 6.54 Å². The molecule has 1 heterocycles. The van der Waals surface area contributed by atoms with Crippen molar-refractivity contribution in [1.82, 2.24) is 15.5 Å². The first-order valence-electron chi connectivity index (χ1n) is 9.58. The van der Waals surface area contributed by atoms with Gasteiger partial charge in [-0.25, -0.2) is 0 Å². The van der Waals surface area contributed by atoms with Crippen LogP contribution in [-0.2, 0) is 0 Å². The Morgan fingerprint density at radius 3 is 2.68 bits per heavy atom. The largest absolute Gasteiger partial charge is 0.489 e. The number of piperidine rings is 1. The summed E-state index contributed by atoms with van der Waals surface area (Å²) in [6, 6.07) is 9.59. The van der Waals surface area contributed by atoms with E-state index >= 15 is 0 Å². The Labute approximate surface area is 151 Å². The van der Waals surface area contributed by atoms with Crippen LogP contribution in [0.3, 0.4) is 0 Å². The molecule has 0 radical (unpaired) electrons. The van der Waals surface area contributed by atoms with Crippen LogP contribution in [-0.4, -0.2) is 55.7 Å². The molecule has 2 fully saturated rings. The summed E-state index contributed by atoms with van der Waals surface area (Å²) in [7, 11) is 1.83. The summed E-state index contributed by atoms with van der Waals surface area (Å²) >= 11 is 0. The van der Waals surface area contributed by atoms with Crippen molar-refractivity contribution in [3.63, 3.8) is 0 Å². The van der Waals surface area contributed by atoms with E-state index in [4.69, 9.17) is 4.74 Å². The van der Waals surface area contributed by atoms with E-state index in [0.29, 0.717) is 6.04 Å². The Kier molecular flexibility index (Phi) is 6.19. The summed E-state index contributed by atoms with van der Waals surface area (Å²) in [6.45, 7) is 7.32. The van der Waals surface area contributed by atoms with Gasteiger partial charge in [-0.3, -0.25) is 4.99 Å². The van der Waals surface area contributed by atoms with Gasteiger partial charge in [-0.1, -0.05) is 12.1 Å². The third-order valence-electron chi connectivity index (χ3n) is 5.04. The Morgan fingerprint density at radius 1 is 1.28 bits per heavy atom. The first-order chi connectivity index (χ1) is 12.1. The first kappa shape index (κ1) is 18.1. The number of hydrogen-bond acceptors (Lipinski definition) is 3. The molecule has 0 bridgehead atoms. The lowest BCUT2D eigenvalue weighted by atomic mass is 10.1. The molecule has 5 nitrogen and oxygen atoms in total. The van der Waals surface area contributed by atoms with E-state index < -0.39 is 0 Å². The minimum atomic E-state index is 0.0806. The van der Waals surface area contributed by atoms with Gasteiger partial charge >= 0.3 is 0 Å². The quantitative estimate of drug-likeness (QED) is 0.615. The summed E-state index contributed by atoms with van der Waals surface area (Å²) in [4.78, 5) is 7.01. The summed E-state index contributed by atoms with van der Waals surface area (Å²) in [6.07, 6.45) is 5.29. The van der Waals surface area contributed by atoms with Gasteiger partial charge < -0.3 is 20.3 Å². The Bertz CT molecular complexity index is 577. The molecular weight excluding hydrogens is 312 g/mol. The minimum absolute atomic E-state index is 0.0806. The number of aliphatic imine (C=N–C) groups is 1. The monoisotopic (exact) mass is 344 g/mol. The van der Waals surface area contributed by atoms with Gasteiger partial charge in [0.2, 0.25) is 0 Å². The summed E-state index contributed by atoms with van der Waals surface area (Å²) in [5.74, 6) is 1.80. The molecule has 1 saturated heterocycles. The van der Waals surface area contributed by atoms with Crippen LogP contribution in [0.4, 0.5) is 0 Å². The lowest BCUT2D eigenvalue weighted by molar-refractivity contribution is 0.196. The van der Waals surface area contributed by atoms with E-state index in [1.54, 1.807) is 0 Å². The number of nitrogens with one attached hydrogen (secondary N) is 2. The molecule has 0 amide bonds. The lowest BCUT2D eigenvalue weighted by Crippen LogP contribution is -2.50. The average Bonchev–Trinajstić information content (AvgIpc) is 3.44. The molecule has 1 aliphatic heterocycles. The smallest absolute Gasteiger partial charge is 0.191 e. The Morgan fingerprint density at radius 2 is 2.04 bits per heavy atom. The number of likely N-dealkylation sites (tertiary alicyclic amines) is 1. The normalized spacial score (nSPS) is 21.0. The third-order valence-corrected chi connectivity index (χ3v) is 5.04. The molecule has 138 valence electrons. The highest BCUT2D eigenvalue weighted by Gasteiger charge is 2.31. The second kappa shape index (κ2) is 8.56. The zero-order valence-electron chi connectivity index (χ0n) is 15.8. The van der Waals surface area contributed by atoms with Crippen molar-refractivity contribution in [2.45, 2.75) is 57.7 Å². The summed E-state index contributed by atoms with van der Waals surface area (Å²) in [5, 5.41) is 6.97. The predicted octanol–water partition coefficient (Wildman–Crippen LogP) is 2.55. The fourth-order valence-corrected chi connectivity index (χ4v) is 3.44. The number of guanidine groups is 1. The van der Waals surface area contributed by atoms with Crippen molar-refractivity contribution in [2.24, 2.45) is 4.99 Å². The Hall–Kier alpha value is -1.75. The summed E-state index contributed by atoms with van der Waals surface area (Å²) < 4.78 is 5.98. The maximum atomic E-state index is 5.98. The maximum Gasteiger partial charge on any atom is 0.191 e. The van der Waals surface area contributed by atoms with Crippen molar-refractivity contribution in [2.75, 3.05) is 26.7 Å². The minimum Gasteiger partial charge on any atom is -0.489 e. The SMILES string of the molecule is CN=C(NCC(C)Oc1cccc(C)c1)NC1CCN(C2CC2)CC1. The molecule has 1 unspecified atom stereocenters. The van der Waals surface area contributed by atoms with E-state index in [1.807, 2.05) is 19.2 Å². The number of aryl methyl sites for hydroxylation is 1.